The van der Waals surface area contributed by atoms with Crippen LogP contribution in [0.15, 0.2) is 72.1 Å². The number of amides is 1. The highest BCUT2D eigenvalue weighted by Gasteiger charge is 2.25. The molecule has 0 spiro atoms. The maximum Gasteiger partial charge on any atom is 0.227 e. The van der Waals surface area contributed by atoms with Crippen molar-refractivity contribution in [3.8, 4) is 0 Å². The Bertz CT molecular complexity index is 1410. The van der Waals surface area contributed by atoms with Crippen molar-refractivity contribution in [2.75, 3.05) is 24.3 Å². The largest absolute Gasteiger partial charge is 0.377 e. The summed E-state index contributed by atoms with van der Waals surface area (Å²) in [6.07, 6.45) is 3.81. The lowest BCUT2D eigenvalue weighted by Gasteiger charge is -2.31. The zero-order valence-electron chi connectivity index (χ0n) is 22.1. The number of carbonyl (C=O) groups is 2. The number of thiophene rings is 1. The highest BCUT2D eigenvalue weighted by molar-refractivity contribution is 7.12. The first-order chi connectivity index (χ1) is 18.4. The normalized spacial score (nSPS) is 18.1. The van der Waals surface area contributed by atoms with E-state index in [1.165, 1.54) is 11.3 Å². The van der Waals surface area contributed by atoms with Crippen molar-refractivity contribution in [3.63, 3.8) is 0 Å². The smallest absolute Gasteiger partial charge is 0.227 e. The van der Waals surface area contributed by atoms with Gasteiger partial charge in [0.25, 0.3) is 0 Å². The van der Waals surface area contributed by atoms with Gasteiger partial charge >= 0.3 is 0 Å². The summed E-state index contributed by atoms with van der Waals surface area (Å²) in [4.78, 5) is 33.2. The molecule has 7 heteroatoms. The fraction of sp³-hybridized carbons (Fsp3) is 0.323. The fourth-order valence-electron chi connectivity index (χ4n) is 5.14. The number of fused-ring (bicyclic) bond motifs is 1. The van der Waals surface area contributed by atoms with Crippen LogP contribution in [-0.2, 0) is 4.79 Å². The highest BCUT2D eigenvalue weighted by Crippen LogP contribution is 2.29. The van der Waals surface area contributed by atoms with Crippen molar-refractivity contribution in [2.24, 2.45) is 0 Å². The summed E-state index contributed by atoms with van der Waals surface area (Å²) >= 11 is 1.44. The highest BCUT2D eigenvalue weighted by atomic mass is 32.1. The van der Waals surface area contributed by atoms with Crippen LogP contribution >= 0.6 is 11.3 Å². The molecule has 38 heavy (non-hydrogen) atoms. The third-order valence-corrected chi connectivity index (χ3v) is 8.28. The summed E-state index contributed by atoms with van der Waals surface area (Å²) in [7, 11) is 4.11. The number of ketones is 1. The molecule has 1 aliphatic rings. The number of pyridine rings is 1. The zero-order chi connectivity index (χ0) is 26.6. The van der Waals surface area contributed by atoms with Crippen molar-refractivity contribution in [3.05, 3.63) is 88.1 Å². The average Bonchev–Trinajstić information content (AvgIpc) is 3.48. The van der Waals surface area contributed by atoms with Crippen LogP contribution in [0.25, 0.3) is 10.9 Å². The predicted octanol–water partition coefficient (Wildman–Crippen LogP) is 6.24. The molecule has 0 radical (unpaired) electrons. The Morgan fingerprint density at radius 1 is 0.947 bits per heavy atom. The quantitative estimate of drug-likeness (QED) is 0.266. The lowest BCUT2D eigenvalue weighted by molar-refractivity contribution is -0.123. The predicted molar refractivity (Wildman–Crippen MR) is 156 cm³/mol. The minimum atomic E-state index is -0.275. The number of aromatic nitrogens is 1. The molecule has 1 saturated carbocycles. The summed E-state index contributed by atoms with van der Waals surface area (Å²) in [6, 6.07) is 22.0. The van der Waals surface area contributed by atoms with E-state index in [0.717, 1.165) is 58.5 Å². The van der Waals surface area contributed by atoms with Gasteiger partial charge in [-0.3, -0.25) is 9.59 Å². The number of para-hydroxylation sites is 1. The lowest BCUT2D eigenvalue weighted by Crippen LogP contribution is -2.41. The Morgan fingerprint density at radius 3 is 2.34 bits per heavy atom. The van der Waals surface area contributed by atoms with Crippen LogP contribution in [0.1, 0.15) is 59.3 Å². The molecule has 196 valence electrons. The molecule has 1 aliphatic carbocycles. The standard InChI is InChI=1S/C31H34N4O2S/c1-20(21-10-12-22(13-11-21)30(36)28-9-6-18-38-28)31(37)33-24-16-14-23(15-17-24)32-29-19-27(35(2)3)25-7-4-5-8-26(25)34-29/h4-13,18-20,23-24H,14-17H2,1-3H3,(H,32,34)(H,33,37)/t20?,23-,24+. The van der Waals surface area contributed by atoms with Gasteiger partial charge in [-0.15, -0.1) is 11.3 Å². The SMILES string of the molecule is CC(C(=O)N[C@H]1CC[C@@H](Nc2cc(N(C)C)c3ccccc3n2)CC1)c1ccc(C(=O)c2cccs2)cc1. The number of benzene rings is 2. The number of hydrogen-bond donors (Lipinski definition) is 2. The van der Waals surface area contributed by atoms with Crippen molar-refractivity contribution in [2.45, 2.75) is 50.6 Å². The van der Waals surface area contributed by atoms with E-state index in [4.69, 9.17) is 4.98 Å². The Kier molecular flexibility index (Phi) is 7.74. The molecule has 2 heterocycles. The first kappa shape index (κ1) is 25.9. The second-order valence-electron chi connectivity index (χ2n) is 10.3. The number of carbonyl (C=O) groups excluding carboxylic acids is 2. The summed E-state index contributed by atoms with van der Waals surface area (Å²) in [6.45, 7) is 1.92. The molecule has 1 fully saturated rings. The van der Waals surface area contributed by atoms with Crippen LogP contribution in [0, 0.1) is 0 Å². The van der Waals surface area contributed by atoms with E-state index < -0.39 is 0 Å². The average molecular weight is 527 g/mol. The van der Waals surface area contributed by atoms with E-state index in [2.05, 4.69) is 47.8 Å². The zero-order valence-corrected chi connectivity index (χ0v) is 22.9. The van der Waals surface area contributed by atoms with Gasteiger partial charge in [-0.25, -0.2) is 4.98 Å². The third kappa shape index (κ3) is 5.73. The minimum absolute atomic E-state index is 0.0193. The van der Waals surface area contributed by atoms with Gasteiger partial charge in [-0.1, -0.05) is 48.5 Å². The molecular weight excluding hydrogens is 492 g/mol. The first-order valence-electron chi connectivity index (χ1n) is 13.2. The van der Waals surface area contributed by atoms with E-state index in [-0.39, 0.29) is 23.7 Å². The lowest BCUT2D eigenvalue weighted by atomic mass is 9.90. The summed E-state index contributed by atoms with van der Waals surface area (Å²) < 4.78 is 0. The maximum atomic E-state index is 13.0. The van der Waals surface area contributed by atoms with Gasteiger partial charge in [0.2, 0.25) is 11.7 Å². The Hall–Kier alpha value is -3.71. The third-order valence-electron chi connectivity index (χ3n) is 7.41. The molecule has 1 amide bonds. The Balaban J connectivity index is 1.14. The maximum absolute atomic E-state index is 13.0. The van der Waals surface area contributed by atoms with Gasteiger partial charge in [0, 0.05) is 48.9 Å². The topological polar surface area (TPSA) is 74.3 Å². The van der Waals surface area contributed by atoms with Crippen LogP contribution in [0.5, 0.6) is 0 Å². The molecule has 0 aliphatic heterocycles. The fourth-order valence-corrected chi connectivity index (χ4v) is 5.83. The van der Waals surface area contributed by atoms with Crippen LogP contribution < -0.4 is 15.5 Å². The number of anilines is 2. The molecule has 2 aromatic heterocycles. The van der Waals surface area contributed by atoms with Gasteiger partial charge in [-0.2, -0.15) is 0 Å². The second kappa shape index (κ2) is 11.4. The van der Waals surface area contributed by atoms with Gasteiger partial charge in [0.15, 0.2) is 0 Å². The van der Waals surface area contributed by atoms with Crippen molar-refractivity contribution in [1.82, 2.24) is 10.3 Å². The number of rotatable bonds is 8. The molecule has 0 saturated heterocycles. The molecular formula is C31H34N4O2S. The van der Waals surface area contributed by atoms with Crippen molar-refractivity contribution < 1.29 is 9.59 Å². The summed E-state index contributed by atoms with van der Waals surface area (Å²) in [5.74, 6) is 0.675. The Labute approximate surface area is 228 Å². The summed E-state index contributed by atoms with van der Waals surface area (Å²) in [5, 5.41) is 9.94. The molecule has 0 bridgehead atoms. The first-order valence-corrected chi connectivity index (χ1v) is 14.1. The van der Waals surface area contributed by atoms with Crippen molar-refractivity contribution in [1.29, 1.82) is 0 Å². The minimum Gasteiger partial charge on any atom is -0.377 e. The van der Waals surface area contributed by atoms with Gasteiger partial charge < -0.3 is 15.5 Å². The van der Waals surface area contributed by atoms with Gasteiger partial charge in [0.05, 0.1) is 16.3 Å². The monoisotopic (exact) mass is 526 g/mol. The molecule has 6 nitrogen and oxygen atoms in total. The van der Waals surface area contributed by atoms with E-state index in [1.54, 1.807) is 0 Å². The van der Waals surface area contributed by atoms with Crippen LogP contribution in [-0.4, -0.2) is 42.9 Å². The molecule has 4 aromatic rings. The van der Waals surface area contributed by atoms with Gasteiger partial charge in [0.1, 0.15) is 5.82 Å². The van der Waals surface area contributed by atoms with Crippen LogP contribution in [0.3, 0.4) is 0 Å². The van der Waals surface area contributed by atoms with Crippen LogP contribution in [0.4, 0.5) is 11.5 Å². The number of nitrogens with zero attached hydrogens (tertiary/aromatic N) is 2. The number of hydrogen-bond acceptors (Lipinski definition) is 6. The van der Waals surface area contributed by atoms with Crippen molar-refractivity contribution >= 4 is 45.4 Å². The molecule has 5 rings (SSSR count). The second-order valence-corrected chi connectivity index (χ2v) is 11.2. The van der Waals surface area contributed by atoms with E-state index in [0.29, 0.717) is 11.6 Å². The molecule has 1 atom stereocenters. The molecule has 2 N–H and O–H groups in total. The van der Waals surface area contributed by atoms with E-state index in [9.17, 15) is 9.59 Å². The van der Waals surface area contributed by atoms with Crippen LogP contribution in [0.2, 0.25) is 0 Å². The van der Waals surface area contributed by atoms with Gasteiger partial charge in [-0.05, 0) is 55.7 Å². The molecule has 2 aromatic carbocycles. The number of nitrogens with one attached hydrogen (secondary N) is 2. The van der Waals surface area contributed by atoms with E-state index >= 15 is 0 Å². The molecule has 1 unspecified atom stereocenters. The summed E-state index contributed by atoms with van der Waals surface area (Å²) in [5.41, 5.74) is 3.70. The Morgan fingerprint density at radius 2 is 1.66 bits per heavy atom. The van der Waals surface area contributed by atoms with E-state index in [1.807, 2.05) is 60.8 Å².